The number of ketones is 1. The number of rotatable bonds is 6. The molecule has 214 valence electrons. The molecule has 0 aliphatic heterocycles. The summed E-state index contributed by atoms with van der Waals surface area (Å²) in [6, 6.07) is 5.52. The molecule has 1 aromatic carbocycles. The van der Waals surface area contributed by atoms with Gasteiger partial charge in [0, 0.05) is 19.1 Å². The molecule has 39 heavy (non-hydrogen) atoms. The lowest BCUT2D eigenvalue weighted by molar-refractivity contribution is -0.217. The van der Waals surface area contributed by atoms with E-state index in [-0.39, 0.29) is 47.8 Å². The lowest BCUT2D eigenvalue weighted by Gasteiger charge is -2.62. The number of methoxy groups -OCH3 is 2. The number of Topliss-reactive ketones (excluding diaryl/α,β-unsaturated/α-hetero) is 1. The smallest absolute Gasteiger partial charge is 0.391 e. The molecule has 4 saturated carbocycles. The molecule has 1 heterocycles. The van der Waals surface area contributed by atoms with E-state index in [9.17, 15) is 18.0 Å². The van der Waals surface area contributed by atoms with Crippen LogP contribution in [0.25, 0.3) is 11.0 Å². The molecule has 0 radical (unpaired) electrons. The minimum atomic E-state index is -4.11. The first-order chi connectivity index (χ1) is 18.6. The standard InChI is InChI=1S/C30H40F3N3O3/c1-28-12-11-23-21(6-4-18-14-19(30(31,32)33)10-13-29(18,23)17-38-2)22(28)7-8-24(28)27(37)16-36-34-25-9-5-20(39-3)15-26(25)35-36/h5,9,15,18-19,21-24H,4,6-8,10-14,16-17H2,1-3H3/t18-,19+,21+,22+,23+,24-,28+,29-/m1/s1. The zero-order valence-electron chi connectivity index (χ0n) is 23.2. The van der Waals surface area contributed by atoms with E-state index in [0.29, 0.717) is 42.0 Å². The topological polar surface area (TPSA) is 66.2 Å². The van der Waals surface area contributed by atoms with E-state index in [1.165, 1.54) is 4.80 Å². The first kappa shape index (κ1) is 27.0. The highest BCUT2D eigenvalue weighted by Gasteiger charge is 2.63. The van der Waals surface area contributed by atoms with Crippen LogP contribution >= 0.6 is 0 Å². The van der Waals surface area contributed by atoms with Crippen molar-refractivity contribution in [1.29, 1.82) is 0 Å². The SMILES string of the molecule is COC[C@]12CC[C@H](C(F)(F)F)C[C@H]1CC[C@H]1[C@@H]3CC[C@H](C(=O)Cn4nc5ccc(OC)cc5n4)[C@@]3(C)CC[C@@H]12. The van der Waals surface area contributed by atoms with Crippen molar-refractivity contribution in [2.24, 2.45) is 46.3 Å². The van der Waals surface area contributed by atoms with E-state index >= 15 is 0 Å². The van der Waals surface area contributed by atoms with Crippen molar-refractivity contribution in [3.05, 3.63) is 18.2 Å². The van der Waals surface area contributed by atoms with E-state index in [4.69, 9.17) is 9.47 Å². The number of hydrogen-bond donors (Lipinski definition) is 0. The fourth-order valence-electron chi connectivity index (χ4n) is 9.81. The molecule has 4 aliphatic carbocycles. The molecule has 4 aliphatic rings. The molecule has 4 fully saturated rings. The lowest BCUT2D eigenvalue weighted by Crippen LogP contribution is -2.57. The Bertz CT molecular complexity index is 1230. The third-order valence-corrected chi connectivity index (χ3v) is 11.6. The Morgan fingerprint density at radius 1 is 1.03 bits per heavy atom. The van der Waals surface area contributed by atoms with Gasteiger partial charge in [-0.25, -0.2) is 0 Å². The predicted molar refractivity (Wildman–Crippen MR) is 140 cm³/mol. The second kappa shape index (κ2) is 9.74. The number of nitrogens with zero attached hydrogens (tertiary/aromatic N) is 3. The van der Waals surface area contributed by atoms with Crippen molar-refractivity contribution >= 4 is 16.8 Å². The van der Waals surface area contributed by atoms with Crippen LogP contribution in [0.1, 0.15) is 64.7 Å². The molecule has 0 unspecified atom stereocenters. The molecule has 0 spiro atoms. The maximum absolute atomic E-state index is 13.7. The van der Waals surface area contributed by atoms with Gasteiger partial charge in [-0.3, -0.25) is 4.79 Å². The Labute approximate surface area is 228 Å². The normalized spacial score (nSPS) is 38.2. The second-order valence-corrected chi connectivity index (χ2v) is 13.1. The summed E-state index contributed by atoms with van der Waals surface area (Å²) in [6.07, 6.45) is 2.57. The molecule has 6 nitrogen and oxygen atoms in total. The summed E-state index contributed by atoms with van der Waals surface area (Å²) >= 11 is 0. The summed E-state index contributed by atoms with van der Waals surface area (Å²) in [6.45, 7) is 3.02. The maximum atomic E-state index is 13.7. The van der Waals surface area contributed by atoms with Crippen molar-refractivity contribution in [3.63, 3.8) is 0 Å². The number of aromatic nitrogens is 3. The van der Waals surface area contributed by atoms with Gasteiger partial charge in [-0.15, -0.1) is 0 Å². The minimum Gasteiger partial charge on any atom is -0.497 e. The highest BCUT2D eigenvalue weighted by molar-refractivity contribution is 5.82. The largest absolute Gasteiger partial charge is 0.497 e. The molecule has 0 saturated heterocycles. The monoisotopic (exact) mass is 547 g/mol. The molecular formula is C30H40F3N3O3. The number of fused-ring (bicyclic) bond motifs is 6. The molecule has 0 amide bonds. The van der Waals surface area contributed by atoms with E-state index < -0.39 is 12.1 Å². The lowest BCUT2D eigenvalue weighted by atomic mass is 9.43. The Hall–Kier alpha value is -2.16. The number of carbonyl (C=O) groups is 1. The van der Waals surface area contributed by atoms with Crippen LogP contribution in [0.3, 0.4) is 0 Å². The Balaban J connectivity index is 1.20. The van der Waals surface area contributed by atoms with Crippen LogP contribution in [0.5, 0.6) is 5.75 Å². The van der Waals surface area contributed by atoms with E-state index in [2.05, 4.69) is 17.1 Å². The number of alkyl halides is 3. The van der Waals surface area contributed by atoms with E-state index in [1.807, 2.05) is 18.2 Å². The fraction of sp³-hybridized carbons (Fsp3) is 0.767. The van der Waals surface area contributed by atoms with Gasteiger partial charge in [0.1, 0.15) is 23.3 Å². The molecule has 0 N–H and O–H groups in total. The number of hydrogen-bond acceptors (Lipinski definition) is 5. The average molecular weight is 548 g/mol. The predicted octanol–water partition coefficient (Wildman–Crippen LogP) is 6.47. The molecule has 2 aromatic rings. The quantitative estimate of drug-likeness (QED) is 0.415. The van der Waals surface area contributed by atoms with Gasteiger partial charge in [-0.2, -0.15) is 28.2 Å². The first-order valence-electron chi connectivity index (χ1n) is 14.6. The average Bonchev–Trinajstić information content (AvgIpc) is 3.47. The van der Waals surface area contributed by atoms with Crippen LogP contribution in [0.15, 0.2) is 18.2 Å². The van der Waals surface area contributed by atoms with Gasteiger partial charge in [-0.1, -0.05) is 6.92 Å². The zero-order chi connectivity index (χ0) is 27.6. The van der Waals surface area contributed by atoms with Gasteiger partial charge in [0.15, 0.2) is 5.78 Å². The van der Waals surface area contributed by atoms with Gasteiger partial charge in [0.05, 0.1) is 19.6 Å². The fourth-order valence-corrected chi connectivity index (χ4v) is 9.81. The molecule has 1 aromatic heterocycles. The number of halogens is 3. The van der Waals surface area contributed by atoms with Crippen LogP contribution in [0, 0.1) is 46.3 Å². The van der Waals surface area contributed by atoms with Crippen LogP contribution in [0.4, 0.5) is 13.2 Å². The maximum Gasteiger partial charge on any atom is 0.391 e. The Morgan fingerprint density at radius 2 is 1.82 bits per heavy atom. The number of benzene rings is 1. The van der Waals surface area contributed by atoms with Gasteiger partial charge in [0.25, 0.3) is 0 Å². The van der Waals surface area contributed by atoms with Crippen molar-refractivity contribution < 1.29 is 27.4 Å². The summed E-state index contributed by atoms with van der Waals surface area (Å²) in [7, 11) is 3.31. The highest BCUT2D eigenvalue weighted by Crippen LogP contribution is 2.68. The van der Waals surface area contributed by atoms with Gasteiger partial charge < -0.3 is 9.47 Å². The first-order valence-corrected chi connectivity index (χ1v) is 14.6. The second-order valence-electron chi connectivity index (χ2n) is 13.1. The summed E-state index contributed by atoms with van der Waals surface area (Å²) in [5.41, 5.74) is 1.19. The summed E-state index contributed by atoms with van der Waals surface area (Å²) in [5.74, 6) is 1.01. The van der Waals surface area contributed by atoms with Crippen molar-refractivity contribution in [1.82, 2.24) is 15.0 Å². The van der Waals surface area contributed by atoms with Gasteiger partial charge in [0.2, 0.25) is 0 Å². The van der Waals surface area contributed by atoms with Gasteiger partial charge >= 0.3 is 6.18 Å². The third kappa shape index (κ3) is 4.38. The number of carbonyl (C=O) groups excluding carboxylic acids is 1. The van der Waals surface area contributed by atoms with Crippen LogP contribution in [0.2, 0.25) is 0 Å². The van der Waals surface area contributed by atoms with Crippen molar-refractivity contribution in [3.8, 4) is 5.75 Å². The van der Waals surface area contributed by atoms with Crippen LogP contribution < -0.4 is 4.74 Å². The van der Waals surface area contributed by atoms with E-state index in [1.54, 1.807) is 14.2 Å². The summed E-state index contributed by atoms with van der Waals surface area (Å²) in [5, 5.41) is 9.06. The summed E-state index contributed by atoms with van der Waals surface area (Å²) in [4.78, 5) is 15.2. The molecule has 8 atom stereocenters. The molecule has 6 rings (SSSR count). The minimum absolute atomic E-state index is 0.0378. The van der Waals surface area contributed by atoms with E-state index in [0.717, 1.165) is 44.0 Å². The highest BCUT2D eigenvalue weighted by atomic mass is 19.4. The van der Waals surface area contributed by atoms with Crippen molar-refractivity contribution in [2.75, 3.05) is 20.8 Å². The summed E-state index contributed by atoms with van der Waals surface area (Å²) < 4.78 is 52.0. The third-order valence-electron chi connectivity index (χ3n) is 11.6. The van der Waals surface area contributed by atoms with Crippen molar-refractivity contribution in [2.45, 2.75) is 77.4 Å². The Morgan fingerprint density at radius 3 is 2.56 bits per heavy atom. The van der Waals surface area contributed by atoms with Gasteiger partial charge in [-0.05, 0) is 104 Å². The van der Waals surface area contributed by atoms with Crippen LogP contribution in [-0.2, 0) is 16.1 Å². The van der Waals surface area contributed by atoms with Crippen LogP contribution in [-0.4, -0.2) is 47.8 Å². The number of ether oxygens (including phenoxy) is 2. The molecule has 9 heteroatoms. The molecular weight excluding hydrogens is 507 g/mol. The molecule has 0 bridgehead atoms. The Kier molecular flexibility index (Phi) is 6.75. The zero-order valence-corrected chi connectivity index (χ0v) is 23.2.